The van der Waals surface area contributed by atoms with Crippen LogP contribution in [0.4, 0.5) is 0 Å². The summed E-state index contributed by atoms with van der Waals surface area (Å²) >= 11 is 5.79. The molecule has 148 valence electrons. The van der Waals surface area contributed by atoms with E-state index in [1.54, 1.807) is 19.3 Å². The fraction of sp³-hybridized carbons (Fsp3) is 0.381. The molecule has 0 aliphatic carbocycles. The monoisotopic (exact) mass is 399 g/mol. The molecule has 0 fully saturated rings. The van der Waals surface area contributed by atoms with Crippen molar-refractivity contribution in [1.82, 2.24) is 20.5 Å². The lowest BCUT2D eigenvalue weighted by atomic mass is 10.1. The summed E-state index contributed by atoms with van der Waals surface area (Å²) in [5, 5.41) is 7.03. The van der Waals surface area contributed by atoms with E-state index in [1.807, 2.05) is 23.1 Å². The van der Waals surface area contributed by atoms with Gasteiger partial charge in [-0.05, 0) is 35.6 Å². The van der Waals surface area contributed by atoms with Gasteiger partial charge in [-0.3, -0.25) is 9.79 Å². The lowest BCUT2D eigenvalue weighted by Crippen LogP contribution is -2.39. The summed E-state index contributed by atoms with van der Waals surface area (Å²) in [7, 11) is 1.74. The lowest BCUT2D eigenvalue weighted by molar-refractivity contribution is -0.131. The van der Waals surface area contributed by atoms with Gasteiger partial charge in [0.05, 0.1) is 0 Å². The first kappa shape index (κ1) is 20.1. The predicted octanol–water partition coefficient (Wildman–Crippen LogP) is 2.77. The minimum atomic E-state index is 0.205. The highest BCUT2D eigenvalue weighted by atomic mass is 35.5. The van der Waals surface area contributed by atoms with E-state index >= 15 is 0 Å². The molecule has 28 heavy (non-hydrogen) atoms. The van der Waals surface area contributed by atoms with Crippen molar-refractivity contribution in [2.24, 2.45) is 4.99 Å². The van der Waals surface area contributed by atoms with E-state index in [0.29, 0.717) is 18.1 Å². The predicted molar refractivity (Wildman–Crippen MR) is 112 cm³/mol. The zero-order valence-electron chi connectivity index (χ0n) is 16.1. The smallest absolute Gasteiger partial charge is 0.223 e. The molecule has 2 aromatic rings. The van der Waals surface area contributed by atoms with Crippen molar-refractivity contribution < 1.29 is 4.79 Å². The van der Waals surface area contributed by atoms with Gasteiger partial charge in [0.1, 0.15) is 5.15 Å². The van der Waals surface area contributed by atoms with Gasteiger partial charge in [-0.25, -0.2) is 4.98 Å². The van der Waals surface area contributed by atoms with Gasteiger partial charge in [0.25, 0.3) is 0 Å². The third-order valence-electron chi connectivity index (χ3n) is 4.77. The van der Waals surface area contributed by atoms with E-state index in [1.165, 1.54) is 11.1 Å². The minimum Gasteiger partial charge on any atom is -0.356 e. The van der Waals surface area contributed by atoms with E-state index in [9.17, 15) is 4.79 Å². The number of aromatic nitrogens is 1. The number of carbonyl (C=O) groups excluding carboxylic acids is 1. The van der Waals surface area contributed by atoms with Gasteiger partial charge >= 0.3 is 0 Å². The maximum Gasteiger partial charge on any atom is 0.223 e. The van der Waals surface area contributed by atoms with Crippen LogP contribution >= 0.6 is 11.6 Å². The summed E-state index contributed by atoms with van der Waals surface area (Å²) in [5.74, 6) is 0.944. The van der Waals surface area contributed by atoms with Crippen LogP contribution in [-0.4, -0.2) is 41.9 Å². The summed E-state index contributed by atoms with van der Waals surface area (Å²) in [6.07, 6.45) is 3.92. The van der Waals surface area contributed by atoms with Gasteiger partial charge < -0.3 is 15.5 Å². The minimum absolute atomic E-state index is 0.205. The quantitative estimate of drug-likeness (QED) is 0.325. The first-order valence-corrected chi connectivity index (χ1v) is 9.93. The molecule has 1 aliphatic heterocycles. The number of halogens is 1. The van der Waals surface area contributed by atoms with Gasteiger partial charge in [0, 0.05) is 45.8 Å². The van der Waals surface area contributed by atoms with E-state index in [2.05, 4.69) is 32.7 Å². The number of nitrogens with zero attached hydrogens (tertiary/aromatic N) is 3. The summed E-state index contributed by atoms with van der Waals surface area (Å²) in [6.45, 7) is 2.90. The second-order valence-electron chi connectivity index (χ2n) is 6.79. The first-order valence-electron chi connectivity index (χ1n) is 9.55. The molecule has 1 aromatic carbocycles. The topological polar surface area (TPSA) is 69.6 Å². The Morgan fingerprint density at radius 3 is 2.50 bits per heavy atom. The number of guanidine groups is 1. The van der Waals surface area contributed by atoms with Crippen molar-refractivity contribution in [2.45, 2.75) is 32.4 Å². The Labute approximate surface area is 171 Å². The number of hydrogen-bond acceptors (Lipinski definition) is 3. The van der Waals surface area contributed by atoms with Crippen molar-refractivity contribution in [3.63, 3.8) is 0 Å². The molecule has 0 radical (unpaired) electrons. The van der Waals surface area contributed by atoms with Gasteiger partial charge in [0.2, 0.25) is 5.91 Å². The molecule has 7 heteroatoms. The zero-order chi connectivity index (χ0) is 19.8. The molecule has 0 atom stereocenters. The Morgan fingerprint density at radius 2 is 1.86 bits per heavy atom. The number of hydrogen-bond donors (Lipinski definition) is 2. The van der Waals surface area contributed by atoms with Crippen LogP contribution in [0.25, 0.3) is 0 Å². The summed E-state index contributed by atoms with van der Waals surface area (Å²) in [5.41, 5.74) is 3.63. The standard InChI is InChI=1S/C21H26ClN5O/c1-23-21(25-12-10-16-8-9-19(22)26-13-16)24-11-4-7-20(28)27-14-17-5-2-3-6-18(17)15-27/h2-3,5-6,8-9,13H,4,7,10-12,14-15H2,1H3,(H2,23,24,25). The molecule has 1 amide bonds. The summed E-state index contributed by atoms with van der Waals surface area (Å²) < 4.78 is 0. The number of carbonyl (C=O) groups is 1. The Morgan fingerprint density at radius 1 is 1.14 bits per heavy atom. The van der Waals surface area contributed by atoms with E-state index in [4.69, 9.17) is 11.6 Å². The lowest BCUT2D eigenvalue weighted by Gasteiger charge is -2.16. The van der Waals surface area contributed by atoms with Crippen LogP contribution in [0.5, 0.6) is 0 Å². The van der Waals surface area contributed by atoms with E-state index in [0.717, 1.165) is 44.0 Å². The van der Waals surface area contributed by atoms with Gasteiger partial charge in [-0.2, -0.15) is 0 Å². The van der Waals surface area contributed by atoms with Crippen LogP contribution in [0, 0.1) is 0 Å². The fourth-order valence-electron chi connectivity index (χ4n) is 3.21. The fourth-order valence-corrected chi connectivity index (χ4v) is 3.33. The summed E-state index contributed by atoms with van der Waals surface area (Å²) in [6, 6.07) is 12.0. The average Bonchev–Trinajstić information content (AvgIpc) is 3.15. The maximum atomic E-state index is 12.4. The van der Waals surface area contributed by atoms with Gasteiger partial charge in [0.15, 0.2) is 5.96 Å². The third kappa shape index (κ3) is 5.70. The molecule has 1 aromatic heterocycles. The van der Waals surface area contributed by atoms with Crippen molar-refractivity contribution in [1.29, 1.82) is 0 Å². The Hall–Kier alpha value is -2.60. The molecule has 0 saturated carbocycles. The second-order valence-corrected chi connectivity index (χ2v) is 7.17. The van der Waals surface area contributed by atoms with Crippen LogP contribution in [0.2, 0.25) is 5.15 Å². The van der Waals surface area contributed by atoms with E-state index in [-0.39, 0.29) is 5.91 Å². The van der Waals surface area contributed by atoms with Crippen molar-refractivity contribution >= 4 is 23.5 Å². The highest BCUT2D eigenvalue weighted by Crippen LogP contribution is 2.22. The van der Waals surface area contributed by atoms with Crippen LogP contribution in [0.3, 0.4) is 0 Å². The zero-order valence-corrected chi connectivity index (χ0v) is 16.9. The van der Waals surface area contributed by atoms with Crippen molar-refractivity contribution in [2.75, 3.05) is 20.1 Å². The molecule has 0 unspecified atom stereocenters. The average molecular weight is 400 g/mol. The molecule has 6 nitrogen and oxygen atoms in total. The second kappa shape index (κ2) is 10.1. The molecule has 0 bridgehead atoms. The number of pyridine rings is 1. The molecule has 2 N–H and O–H groups in total. The van der Waals surface area contributed by atoms with E-state index < -0.39 is 0 Å². The SMILES string of the molecule is CN=C(NCCCC(=O)N1Cc2ccccc2C1)NCCc1ccc(Cl)nc1. The number of amides is 1. The Kier molecular flexibility index (Phi) is 7.25. The largest absolute Gasteiger partial charge is 0.356 e. The third-order valence-corrected chi connectivity index (χ3v) is 5.00. The Bertz CT molecular complexity index is 797. The van der Waals surface area contributed by atoms with Crippen LogP contribution in [-0.2, 0) is 24.3 Å². The molecule has 0 spiro atoms. The number of nitrogens with one attached hydrogen (secondary N) is 2. The highest BCUT2D eigenvalue weighted by Gasteiger charge is 2.22. The van der Waals surface area contributed by atoms with Crippen LogP contribution in [0.1, 0.15) is 29.5 Å². The Balaban J connectivity index is 1.31. The maximum absolute atomic E-state index is 12.4. The highest BCUT2D eigenvalue weighted by molar-refractivity contribution is 6.29. The number of fused-ring (bicyclic) bond motifs is 1. The molecular weight excluding hydrogens is 374 g/mol. The number of benzene rings is 1. The molecule has 3 rings (SSSR count). The van der Waals surface area contributed by atoms with Crippen LogP contribution < -0.4 is 10.6 Å². The molecular formula is C21H26ClN5O. The molecule has 1 aliphatic rings. The van der Waals surface area contributed by atoms with Crippen LogP contribution in [0.15, 0.2) is 47.6 Å². The molecule has 2 heterocycles. The van der Waals surface area contributed by atoms with Crippen molar-refractivity contribution in [3.05, 3.63) is 64.4 Å². The van der Waals surface area contributed by atoms with Gasteiger partial charge in [-0.1, -0.05) is 41.9 Å². The number of aliphatic imine (C=N–C) groups is 1. The molecule has 0 saturated heterocycles. The first-order chi connectivity index (χ1) is 13.7. The summed E-state index contributed by atoms with van der Waals surface area (Å²) in [4.78, 5) is 22.6. The number of rotatable bonds is 7. The normalized spacial score (nSPS) is 13.4. The van der Waals surface area contributed by atoms with Gasteiger partial charge in [-0.15, -0.1) is 0 Å². The van der Waals surface area contributed by atoms with Crippen molar-refractivity contribution in [3.8, 4) is 0 Å².